The molecule has 0 radical (unpaired) electrons. The van der Waals surface area contributed by atoms with Gasteiger partial charge in [-0.1, -0.05) is 38.8 Å². The van der Waals surface area contributed by atoms with E-state index in [1.807, 2.05) is 13.8 Å². The molecule has 2 aromatic rings. The second-order valence-electron chi connectivity index (χ2n) is 7.72. The highest BCUT2D eigenvalue weighted by molar-refractivity contribution is 6.11. The summed E-state index contributed by atoms with van der Waals surface area (Å²) >= 11 is 0. The van der Waals surface area contributed by atoms with E-state index >= 15 is 0 Å². The van der Waals surface area contributed by atoms with Gasteiger partial charge in [0.2, 0.25) is 0 Å². The topological polar surface area (TPSA) is 93.1 Å². The highest BCUT2D eigenvalue weighted by atomic mass is 16.5. The summed E-state index contributed by atoms with van der Waals surface area (Å²) in [6.45, 7) is 4.06. The molecule has 33 heavy (non-hydrogen) atoms. The summed E-state index contributed by atoms with van der Waals surface area (Å²) in [6.07, 6.45) is 9.03. The lowest BCUT2D eigenvalue weighted by Gasteiger charge is -2.10. The summed E-state index contributed by atoms with van der Waals surface area (Å²) in [4.78, 5) is 24.7. The molecule has 6 nitrogen and oxygen atoms in total. The minimum atomic E-state index is -0.323. The predicted molar refractivity (Wildman–Crippen MR) is 130 cm³/mol. The van der Waals surface area contributed by atoms with E-state index in [4.69, 9.17) is 9.47 Å². The molecule has 0 saturated heterocycles. The third-order valence-corrected chi connectivity index (χ3v) is 5.17. The molecule has 6 heteroatoms. The maximum atomic E-state index is 12.4. The highest BCUT2D eigenvalue weighted by Gasteiger charge is 2.11. The van der Waals surface area contributed by atoms with E-state index in [2.05, 4.69) is 0 Å². The van der Waals surface area contributed by atoms with Crippen LogP contribution in [0, 0.1) is 0 Å². The van der Waals surface area contributed by atoms with Gasteiger partial charge in [0.25, 0.3) is 0 Å². The van der Waals surface area contributed by atoms with Crippen molar-refractivity contribution in [2.24, 2.45) is 0 Å². The fourth-order valence-corrected chi connectivity index (χ4v) is 3.52. The minimum absolute atomic E-state index is 0.0537. The fraction of sp³-hybridized carbons (Fsp3) is 0.333. The summed E-state index contributed by atoms with van der Waals surface area (Å²) in [5.74, 6) is 0.116. The number of ketones is 2. The molecule has 176 valence electrons. The lowest BCUT2D eigenvalue weighted by Crippen LogP contribution is -2.02. The SMILES string of the molecule is CCCc1cc(O)c(OC)cc1/C=C/C(=O)CC(=O)/C=C/c1cc(OC)c(O)cc1CCC. The first-order valence-corrected chi connectivity index (χ1v) is 11.0. The second-order valence-corrected chi connectivity index (χ2v) is 7.72. The quantitative estimate of drug-likeness (QED) is 0.336. The number of aromatic hydroxyl groups is 2. The molecular formula is C27H32O6. The molecule has 0 bridgehead atoms. The molecule has 0 atom stereocenters. The molecule has 0 amide bonds. The van der Waals surface area contributed by atoms with Gasteiger partial charge >= 0.3 is 0 Å². The van der Waals surface area contributed by atoms with E-state index in [0.717, 1.165) is 47.9 Å². The number of phenolic OH excluding ortho intramolecular Hbond substituents is 2. The van der Waals surface area contributed by atoms with Crippen molar-refractivity contribution in [3.8, 4) is 23.0 Å². The summed E-state index contributed by atoms with van der Waals surface area (Å²) in [5.41, 5.74) is 3.33. The Morgan fingerprint density at radius 3 is 1.48 bits per heavy atom. The number of carbonyl (C=O) groups is 2. The van der Waals surface area contributed by atoms with E-state index in [9.17, 15) is 19.8 Å². The van der Waals surface area contributed by atoms with Crippen molar-refractivity contribution < 1.29 is 29.3 Å². The minimum Gasteiger partial charge on any atom is -0.504 e. The van der Waals surface area contributed by atoms with E-state index in [1.165, 1.54) is 26.4 Å². The summed E-state index contributed by atoms with van der Waals surface area (Å²) in [5, 5.41) is 20.0. The van der Waals surface area contributed by atoms with Crippen LogP contribution in [0.2, 0.25) is 0 Å². The van der Waals surface area contributed by atoms with Crippen LogP contribution < -0.4 is 9.47 Å². The average Bonchev–Trinajstić information content (AvgIpc) is 2.78. The largest absolute Gasteiger partial charge is 0.504 e. The lowest BCUT2D eigenvalue weighted by atomic mass is 10.00. The van der Waals surface area contributed by atoms with Crippen LogP contribution in [0.5, 0.6) is 23.0 Å². The van der Waals surface area contributed by atoms with Crippen molar-refractivity contribution in [3.63, 3.8) is 0 Å². The van der Waals surface area contributed by atoms with Crippen LogP contribution in [0.1, 0.15) is 55.4 Å². The molecule has 0 aliphatic rings. The van der Waals surface area contributed by atoms with Crippen molar-refractivity contribution in [2.75, 3.05) is 14.2 Å². The van der Waals surface area contributed by atoms with Gasteiger partial charge in [-0.2, -0.15) is 0 Å². The third-order valence-electron chi connectivity index (χ3n) is 5.17. The van der Waals surface area contributed by atoms with Crippen LogP contribution in [0.4, 0.5) is 0 Å². The van der Waals surface area contributed by atoms with E-state index in [1.54, 1.807) is 36.4 Å². The Hall–Kier alpha value is -3.54. The van der Waals surface area contributed by atoms with Gasteiger partial charge in [0.1, 0.15) is 0 Å². The zero-order valence-electron chi connectivity index (χ0n) is 19.7. The number of methoxy groups -OCH3 is 2. The molecule has 0 spiro atoms. The predicted octanol–water partition coefficient (Wildman–Crippen LogP) is 5.27. The average molecular weight is 453 g/mol. The van der Waals surface area contributed by atoms with Crippen molar-refractivity contribution in [3.05, 3.63) is 58.7 Å². The summed E-state index contributed by atoms with van der Waals surface area (Å²) in [7, 11) is 2.93. The van der Waals surface area contributed by atoms with Gasteiger partial charge in [0.05, 0.1) is 20.6 Å². The number of ether oxygens (including phenoxy) is 2. The molecule has 0 unspecified atom stereocenters. The van der Waals surface area contributed by atoms with Gasteiger partial charge in [-0.05, 0) is 71.5 Å². The summed E-state index contributed by atoms with van der Waals surface area (Å²) < 4.78 is 10.3. The molecule has 0 fully saturated rings. The maximum absolute atomic E-state index is 12.4. The van der Waals surface area contributed by atoms with Gasteiger partial charge in [-0.25, -0.2) is 0 Å². The lowest BCUT2D eigenvalue weighted by molar-refractivity contribution is -0.121. The van der Waals surface area contributed by atoms with E-state index in [-0.39, 0.29) is 29.5 Å². The van der Waals surface area contributed by atoms with Crippen molar-refractivity contribution in [2.45, 2.75) is 46.0 Å². The molecule has 0 aliphatic heterocycles. The molecular weight excluding hydrogens is 420 g/mol. The first kappa shape index (κ1) is 25.7. The molecule has 2 aromatic carbocycles. The van der Waals surface area contributed by atoms with Crippen molar-refractivity contribution in [1.29, 1.82) is 0 Å². The number of aryl methyl sites for hydroxylation is 2. The molecule has 2 rings (SSSR count). The van der Waals surface area contributed by atoms with Gasteiger partial charge in [0.15, 0.2) is 34.6 Å². The fourth-order valence-electron chi connectivity index (χ4n) is 3.52. The van der Waals surface area contributed by atoms with E-state index in [0.29, 0.717) is 11.5 Å². The Balaban J connectivity index is 2.14. The molecule has 2 N–H and O–H groups in total. The third kappa shape index (κ3) is 7.24. The number of phenols is 2. The van der Waals surface area contributed by atoms with Crippen LogP contribution in [-0.2, 0) is 22.4 Å². The smallest absolute Gasteiger partial charge is 0.163 e. The second kappa shape index (κ2) is 12.5. The Morgan fingerprint density at radius 1 is 0.758 bits per heavy atom. The number of rotatable bonds is 12. The monoisotopic (exact) mass is 452 g/mol. The Bertz CT molecular complexity index is 966. The normalized spacial score (nSPS) is 11.3. The number of carbonyl (C=O) groups excluding carboxylic acids is 2. The standard InChI is InChI=1S/C27H32O6/c1-5-7-18-13-24(30)26(32-3)15-20(18)9-11-22(28)17-23(29)12-10-21-16-27(33-4)25(31)14-19(21)8-6-2/h9-16,30-31H,5-8,17H2,1-4H3/b11-9+,12-10+. The summed E-state index contributed by atoms with van der Waals surface area (Å²) in [6, 6.07) is 6.64. The first-order valence-electron chi connectivity index (χ1n) is 11.0. The Kier molecular flexibility index (Phi) is 9.73. The van der Waals surface area contributed by atoms with Gasteiger partial charge < -0.3 is 19.7 Å². The molecule has 0 aliphatic carbocycles. The number of allylic oxidation sites excluding steroid dienone is 2. The van der Waals surface area contributed by atoms with Gasteiger partial charge in [-0.3, -0.25) is 9.59 Å². The van der Waals surface area contributed by atoms with Crippen LogP contribution >= 0.6 is 0 Å². The number of benzene rings is 2. The van der Waals surface area contributed by atoms with Crippen LogP contribution in [0.3, 0.4) is 0 Å². The highest BCUT2D eigenvalue weighted by Crippen LogP contribution is 2.32. The van der Waals surface area contributed by atoms with E-state index < -0.39 is 0 Å². The molecule has 0 aromatic heterocycles. The van der Waals surface area contributed by atoms with Crippen molar-refractivity contribution >= 4 is 23.7 Å². The molecule has 0 heterocycles. The van der Waals surface area contributed by atoms with Gasteiger partial charge in [0, 0.05) is 0 Å². The Morgan fingerprint density at radius 2 is 1.15 bits per heavy atom. The van der Waals surface area contributed by atoms with Crippen molar-refractivity contribution in [1.82, 2.24) is 0 Å². The van der Waals surface area contributed by atoms with Crippen LogP contribution in [-0.4, -0.2) is 36.0 Å². The zero-order chi connectivity index (χ0) is 24.4. The maximum Gasteiger partial charge on any atom is 0.163 e. The Labute approximate surface area is 195 Å². The molecule has 0 saturated carbocycles. The van der Waals surface area contributed by atoms with Crippen LogP contribution in [0.15, 0.2) is 36.4 Å². The number of hydrogen-bond acceptors (Lipinski definition) is 6. The van der Waals surface area contributed by atoms with Crippen LogP contribution in [0.25, 0.3) is 12.2 Å². The zero-order valence-corrected chi connectivity index (χ0v) is 19.7. The van der Waals surface area contributed by atoms with Gasteiger partial charge in [-0.15, -0.1) is 0 Å². The first-order chi connectivity index (χ1) is 15.8. The number of hydrogen-bond donors (Lipinski definition) is 2.